The number of halogens is 2. The molecular formula is C14H11ClFNO2. The van der Waals surface area contributed by atoms with E-state index >= 15 is 0 Å². The molecule has 2 rings (SSSR count). The number of ether oxygens (including phenoxy) is 1. The van der Waals surface area contributed by atoms with Crippen LogP contribution in [-0.4, -0.2) is 5.43 Å². The summed E-state index contributed by atoms with van der Waals surface area (Å²) in [5.41, 5.74) is 6.63. The van der Waals surface area contributed by atoms with Crippen LogP contribution in [0.2, 0.25) is 0 Å². The SMILES string of the molecule is Nc1ccc(F)c(Cc2ccc(OC(=O)Cl)cc2)c1. The van der Waals surface area contributed by atoms with Crippen LogP contribution in [0.15, 0.2) is 42.5 Å². The molecule has 0 aliphatic heterocycles. The Labute approximate surface area is 114 Å². The normalized spacial score (nSPS) is 10.2. The lowest BCUT2D eigenvalue weighted by Crippen LogP contribution is -1.97. The summed E-state index contributed by atoms with van der Waals surface area (Å²) in [5, 5.41) is 0. The fourth-order valence-corrected chi connectivity index (χ4v) is 1.81. The average molecular weight is 280 g/mol. The van der Waals surface area contributed by atoms with Crippen LogP contribution < -0.4 is 10.5 Å². The molecule has 2 aromatic carbocycles. The lowest BCUT2D eigenvalue weighted by molar-refractivity contribution is 0.225. The minimum absolute atomic E-state index is 0.300. The first kappa shape index (κ1) is 13.4. The van der Waals surface area contributed by atoms with Crippen molar-refractivity contribution in [1.82, 2.24) is 0 Å². The van der Waals surface area contributed by atoms with Crippen molar-refractivity contribution in [3.63, 3.8) is 0 Å². The van der Waals surface area contributed by atoms with Gasteiger partial charge in [-0.2, -0.15) is 0 Å². The van der Waals surface area contributed by atoms with Crippen molar-refractivity contribution in [3.05, 3.63) is 59.4 Å². The van der Waals surface area contributed by atoms with E-state index < -0.39 is 5.43 Å². The van der Waals surface area contributed by atoms with Crippen LogP contribution >= 0.6 is 11.6 Å². The molecule has 2 aromatic rings. The molecule has 2 N–H and O–H groups in total. The summed E-state index contributed by atoms with van der Waals surface area (Å²) in [7, 11) is 0. The number of hydrogen-bond donors (Lipinski definition) is 1. The predicted octanol–water partition coefficient (Wildman–Crippen LogP) is 3.74. The van der Waals surface area contributed by atoms with Gasteiger partial charge in [0.15, 0.2) is 0 Å². The molecule has 0 bridgehead atoms. The molecule has 98 valence electrons. The van der Waals surface area contributed by atoms with Gasteiger partial charge in [-0.15, -0.1) is 0 Å². The largest absolute Gasteiger partial charge is 0.415 e. The molecule has 0 fully saturated rings. The molecule has 3 nitrogen and oxygen atoms in total. The van der Waals surface area contributed by atoms with E-state index in [1.807, 2.05) is 0 Å². The van der Waals surface area contributed by atoms with Crippen molar-refractivity contribution in [2.24, 2.45) is 0 Å². The lowest BCUT2D eigenvalue weighted by atomic mass is 10.0. The van der Waals surface area contributed by atoms with Gasteiger partial charge >= 0.3 is 5.43 Å². The number of carbonyl (C=O) groups is 1. The van der Waals surface area contributed by atoms with E-state index in [2.05, 4.69) is 0 Å². The van der Waals surface area contributed by atoms with Crippen molar-refractivity contribution >= 4 is 22.7 Å². The second-order valence-electron chi connectivity index (χ2n) is 4.01. The predicted molar refractivity (Wildman–Crippen MR) is 71.9 cm³/mol. The highest BCUT2D eigenvalue weighted by atomic mass is 35.5. The number of rotatable bonds is 3. The Balaban J connectivity index is 2.15. The zero-order valence-corrected chi connectivity index (χ0v) is 10.7. The monoisotopic (exact) mass is 279 g/mol. The Kier molecular flexibility index (Phi) is 4.02. The van der Waals surface area contributed by atoms with Gasteiger partial charge in [-0.1, -0.05) is 12.1 Å². The number of nitrogens with two attached hydrogens (primary N) is 1. The maximum atomic E-state index is 13.6. The zero-order chi connectivity index (χ0) is 13.8. The Hall–Kier alpha value is -2.07. The van der Waals surface area contributed by atoms with Gasteiger partial charge in [-0.25, -0.2) is 9.18 Å². The van der Waals surface area contributed by atoms with Crippen molar-refractivity contribution < 1.29 is 13.9 Å². The summed E-state index contributed by atoms with van der Waals surface area (Å²) < 4.78 is 18.3. The molecule has 0 radical (unpaired) electrons. The van der Waals surface area contributed by atoms with Crippen LogP contribution in [0.4, 0.5) is 14.9 Å². The highest BCUT2D eigenvalue weighted by Crippen LogP contribution is 2.19. The van der Waals surface area contributed by atoms with E-state index in [1.165, 1.54) is 12.1 Å². The van der Waals surface area contributed by atoms with Crippen LogP contribution in [-0.2, 0) is 6.42 Å². The first-order chi connectivity index (χ1) is 9.04. The van der Waals surface area contributed by atoms with Crippen molar-refractivity contribution in [1.29, 1.82) is 0 Å². The van der Waals surface area contributed by atoms with Gasteiger partial charge in [0.25, 0.3) is 0 Å². The van der Waals surface area contributed by atoms with Gasteiger partial charge in [0, 0.05) is 23.7 Å². The Bertz CT molecular complexity index is 599. The maximum Gasteiger partial charge on any atom is 0.409 e. The molecule has 0 spiro atoms. The average Bonchev–Trinajstić information content (AvgIpc) is 2.35. The van der Waals surface area contributed by atoms with E-state index in [4.69, 9.17) is 22.1 Å². The van der Waals surface area contributed by atoms with Gasteiger partial charge in [0.05, 0.1) is 0 Å². The lowest BCUT2D eigenvalue weighted by Gasteiger charge is -2.06. The highest BCUT2D eigenvalue weighted by molar-refractivity contribution is 6.61. The minimum atomic E-state index is -0.894. The van der Waals surface area contributed by atoms with Crippen LogP contribution in [0.25, 0.3) is 0 Å². The number of carbonyl (C=O) groups excluding carboxylic acids is 1. The van der Waals surface area contributed by atoms with E-state index in [-0.39, 0.29) is 5.82 Å². The smallest absolute Gasteiger partial charge is 0.409 e. The van der Waals surface area contributed by atoms with Gasteiger partial charge in [-0.3, -0.25) is 0 Å². The number of anilines is 1. The molecule has 0 aliphatic rings. The Morgan fingerprint density at radius 2 is 1.89 bits per heavy atom. The molecular weight excluding hydrogens is 269 g/mol. The van der Waals surface area contributed by atoms with Gasteiger partial charge in [0.2, 0.25) is 0 Å². The van der Waals surface area contributed by atoms with Crippen molar-refractivity contribution in [2.75, 3.05) is 5.73 Å². The van der Waals surface area contributed by atoms with E-state index in [0.29, 0.717) is 23.4 Å². The molecule has 0 amide bonds. The fourth-order valence-electron chi connectivity index (χ4n) is 1.72. The van der Waals surface area contributed by atoms with Gasteiger partial charge in [0.1, 0.15) is 11.6 Å². The van der Waals surface area contributed by atoms with Gasteiger partial charge < -0.3 is 10.5 Å². The summed E-state index contributed by atoms with van der Waals surface area (Å²) in [5.74, 6) is 0.0438. The van der Waals surface area contributed by atoms with Crippen LogP contribution in [0.3, 0.4) is 0 Å². The van der Waals surface area contributed by atoms with Crippen molar-refractivity contribution in [3.8, 4) is 5.75 Å². The van der Waals surface area contributed by atoms with E-state index in [9.17, 15) is 9.18 Å². The number of nitrogen functional groups attached to an aromatic ring is 1. The van der Waals surface area contributed by atoms with Gasteiger partial charge in [-0.05, 0) is 41.5 Å². The molecule has 0 aliphatic carbocycles. The number of benzene rings is 2. The zero-order valence-electron chi connectivity index (χ0n) is 9.90. The Morgan fingerprint density at radius 1 is 1.21 bits per heavy atom. The third-order valence-electron chi connectivity index (χ3n) is 2.59. The number of hydrogen-bond acceptors (Lipinski definition) is 3. The molecule has 5 heteroatoms. The molecule has 0 saturated carbocycles. The topological polar surface area (TPSA) is 52.3 Å². The van der Waals surface area contributed by atoms with Crippen LogP contribution in [0.5, 0.6) is 5.75 Å². The molecule has 0 aromatic heterocycles. The summed E-state index contributed by atoms with van der Waals surface area (Å²) in [6.45, 7) is 0. The molecule has 0 heterocycles. The Morgan fingerprint density at radius 3 is 2.53 bits per heavy atom. The molecule has 0 atom stereocenters. The second kappa shape index (κ2) is 5.71. The molecule has 0 saturated heterocycles. The minimum Gasteiger partial charge on any atom is -0.415 e. The van der Waals surface area contributed by atoms with Crippen molar-refractivity contribution in [2.45, 2.75) is 6.42 Å². The first-order valence-corrected chi connectivity index (χ1v) is 5.92. The summed E-state index contributed by atoms with van der Waals surface area (Å²) in [6.07, 6.45) is 0.409. The third kappa shape index (κ3) is 3.69. The summed E-state index contributed by atoms with van der Waals surface area (Å²) >= 11 is 5.10. The van der Waals surface area contributed by atoms with Crippen LogP contribution in [0.1, 0.15) is 11.1 Å². The second-order valence-corrected chi connectivity index (χ2v) is 4.32. The molecule has 19 heavy (non-hydrogen) atoms. The summed E-state index contributed by atoms with van der Waals surface area (Å²) in [6, 6.07) is 11.1. The maximum absolute atomic E-state index is 13.6. The van der Waals surface area contributed by atoms with E-state index in [1.54, 1.807) is 30.3 Å². The standard InChI is InChI=1S/C14H11ClFNO2/c15-14(18)19-12-4-1-9(2-5-12)7-10-8-11(17)3-6-13(10)16/h1-6,8H,7,17H2. The van der Waals surface area contributed by atoms with E-state index in [0.717, 1.165) is 5.56 Å². The third-order valence-corrected chi connectivity index (χ3v) is 2.66. The molecule has 0 unspecified atom stereocenters. The fraction of sp³-hybridized carbons (Fsp3) is 0.0714. The summed E-state index contributed by atoms with van der Waals surface area (Å²) in [4.78, 5) is 10.6. The first-order valence-electron chi connectivity index (χ1n) is 5.55. The van der Waals surface area contributed by atoms with Crippen LogP contribution in [0, 0.1) is 5.82 Å². The quantitative estimate of drug-likeness (QED) is 0.688. The highest BCUT2D eigenvalue weighted by Gasteiger charge is 2.05.